The zero-order chi connectivity index (χ0) is 10.8. The molecule has 2 atom stereocenters. The average molecular weight is 212 g/mol. The van der Waals surface area contributed by atoms with Crippen LogP contribution in [0.3, 0.4) is 0 Å². The average Bonchev–Trinajstić information content (AvgIpc) is 3.02. The molecule has 1 heterocycles. The normalized spacial score (nSPS) is 31.8. The van der Waals surface area contributed by atoms with E-state index in [0.717, 1.165) is 19.0 Å². The maximum atomic E-state index is 5.69. The van der Waals surface area contributed by atoms with Gasteiger partial charge in [-0.3, -0.25) is 16.2 Å². The highest BCUT2D eigenvalue weighted by molar-refractivity contribution is 4.91. The summed E-state index contributed by atoms with van der Waals surface area (Å²) in [5.74, 6) is 6.63. The van der Waals surface area contributed by atoms with Crippen LogP contribution in [-0.4, -0.2) is 55.6 Å². The lowest BCUT2D eigenvalue weighted by Gasteiger charge is -2.41. The maximum Gasteiger partial charge on any atom is 0.0387 e. The van der Waals surface area contributed by atoms with E-state index in [1.165, 1.54) is 25.8 Å². The summed E-state index contributed by atoms with van der Waals surface area (Å²) in [5.41, 5.74) is 3.03. The van der Waals surface area contributed by atoms with Gasteiger partial charge in [0.2, 0.25) is 0 Å². The molecule has 0 aromatic rings. The number of nitrogens with one attached hydrogen (secondary N) is 1. The van der Waals surface area contributed by atoms with Gasteiger partial charge in [-0.1, -0.05) is 12.8 Å². The topological polar surface area (TPSA) is 44.5 Å². The van der Waals surface area contributed by atoms with E-state index < -0.39 is 0 Å². The maximum absolute atomic E-state index is 5.69. The van der Waals surface area contributed by atoms with Crippen LogP contribution in [0.4, 0.5) is 0 Å². The number of likely N-dealkylation sites (N-methyl/N-ethyl adjacent to an activating group) is 2. The standard InChI is InChI=1S/C11H24N4/c1-14-5-6-15(2)11(8-14)10(13-12)7-9-3-4-9/h9-11,13H,3-8,12H2,1-2H3. The van der Waals surface area contributed by atoms with E-state index in [9.17, 15) is 0 Å². The monoisotopic (exact) mass is 212 g/mol. The molecule has 0 aromatic carbocycles. The Balaban J connectivity index is 1.91. The number of hydrazine groups is 1. The smallest absolute Gasteiger partial charge is 0.0387 e. The highest BCUT2D eigenvalue weighted by Gasteiger charge is 2.33. The molecule has 4 nitrogen and oxygen atoms in total. The van der Waals surface area contributed by atoms with Crippen molar-refractivity contribution >= 4 is 0 Å². The van der Waals surface area contributed by atoms with Crippen molar-refractivity contribution < 1.29 is 0 Å². The van der Waals surface area contributed by atoms with Crippen molar-refractivity contribution in [1.82, 2.24) is 15.2 Å². The van der Waals surface area contributed by atoms with Gasteiger partial charge in [0.05, 0.1) is 0 Å². The summed E-state index contributed by atoms with van der Waals surface area (Å²) in [5, 5.41) is 0. The summed E-state index contributed by atoms with van der Waals surface area (Å²) in [6.45, 7) is 3.47. The second-order valence-electron chi connectivity index (χ2n) is 5.26. The molecule has 4 heteroatoms. The molecule has 2 fully saturated rings. The van der Waals surface area contributed by atoms with Gasteiger partial charge in [0.1, 0.15) is 0 Å². The third-order valence-electron chi connectivity index (χ3n) is 3.86. The molecule has 88 valence electrons. The van der Waals surface area contributed by atoms with Crippen molar-refractivity contribution in [3.8, 4) is 0 Å². The molecule has 1 saturated heterocycles. The molecule has 15 heavy (non-hydrogen) atoms. The largest absolute Gasteiger partial charge is 0.303 e. The van der Waals surface area contributed by atoms with E-state index in [4.69, 9.17) is 5.84 Å². The van der Waals surface area contributed by atoms with E-state index in [-0.39, 0.29) is 0 Å². The minimum atomic E-state index is 0.463. The van der Waals surface area contributed by atoms with Crippen LogP contribution in [0.2, 0.25) is 0 Å². The highest BCUT2D eigenvalue weighted by Crippen LogP contribution is 2.34. The minimum absolute atomic E-state index is 0.463. The number of nitrogens with two attached hydrogens (primary N) is 1. The summed E-state index contributed by atoms with van der Waals surface area (Å²) in [6.07, 6.45) is 4.06. The van der Waals surface area contributed by atoms with Crippen molar-refractivity contribution in [3.05, 3.63) is 0 Å². The van der Waals surface area contributed by atoms with E-state index in [0.29, 0.717) is 12.1 Å². The van der Waals surface area contributed by atoms with Gasteiger partial charge in [-0.15, -0.1) is 0 Å². The fraction of sp³-hybridized carbons (Fsp3) is 1.00. The third-order valence-corrected chi connectivity index (χ3v) is 3.86. The minimum Gasteiger partial charge on any atom is -0.303 e. The van der Waals surface area contributed by atoms with Gasteiger partial charge in [-0.2, -0.15) is 0 Å². The first-order chi connectivity index (χ1) is 7.20. The predicted octanol–water partition coefficient (Wildman–Crippen LogP) is -0.136. The molecule has 0 aromatic heterocycles. The van der Waals surface area contributed by atoms with E-state index in [2.05, 4.69) is 29.3 Å². The van der Waals surface area contributed by atoms with Crippen LogP contribution in [0.15, 0.2) is 0 Å². The summed E-state index contributed by atoms with van der Waals surface area (Å²) in [6, 6.07) is 1.04. The van der Waals surface area contributed by atoms with Crippen LogP contribution in [-0.2, 0) is 0 Å². The highest BCUT2D eigenvalue weighted by atomic mass is 15.3. The third kappa shape index (κ3) is 2.91. The number of nitrogens with zero attached hydrogens (tertiary/aromatic N) is 2. The van der Waals surface area contributed by atoms with Crippen LogP contribution in [0.5, 0.6) is 0 Å². The lowest BCUT2D eigenvalue weighted by molar-refractivity contribution is 0.0837. The molecule has 0 bridgehead atoms. The molecule has 2 aliphatic rings. The Kier molecular flexibility index (Phi) is 3.61. The molecule has 1 saturated carbocycles. The van der Waals surface area contributed by atoms with Gasteiger partial charge >= 0.3 is 0 Å². The second-order valence-corrected chi connectivity index (χ2v) is 5.26. The molecule has 3 N–H and O–H groups in total. The molecular formula is C11H24N4. The fourth-order valence-corrected chi connectivity index (χ4v) is 2.53. The molecule has 2 rings (SSSR count). The first-order valence-corrected chi connectivity index (χ1v) is 6.05. The van der Waals surface area contributed by atoms with Crippen LogP contribution in [0.1, 0.15) is 19.3 Å². The summed E-state index contributed by atoms with van der Waals surface area (Å²) < 4.78 is 0. The first kappa shape index (κ1) is 11.3. The van der Waals surface area contributed by atoms with Crippen molar-refractivity contribution in [2.24, 2.45) is 11.8 Å². The SMILES string of the molecule is CN1CCN(C)C(C(CC2CC2)NN)C1. The van der Waals surface area contributed by atoms with Crippen molar-refractivity contribution in [3.63, 3.8) is 0 Å². The fourth-order valence-electron chi connectivity index (χ4n) is 2.53. The molecule has 0 spiro atoms. The number of piperazine rings is 1. The van der Waals surface area contributed by atoms with Gasteiger partial charge in [-0.25, -0.2) is 0 Å². The summed E-state index contributed by atoms with van der Waals surface area (Å²) in [4.78, 5) is 4.86. The molecular weight excluding hydrogens is 188 g/mol. The van der Waals surface area contributed by atoms with Gasteiger partial charge in [0, 0.05) is 31.7 Å². The Morgan fingerprint density at radius 1 is 1.33 bits per heavy atom. The molecule has 2 unspecified atom stereocenters. The van der Waals surface area contributed by atoms with E-state index in [1.54, 1.807) is 0 Å². The van der Waals surface area contributed by atoms with E-state index >= 15 is 0 Å². The Labute approximate surface area is 92.8 Å². The van der Waals surface area contributed by atoms with Gasteiger partial charge in [-0.05, 0) is 26.4 Å². The Morgan fingerprint density at radius 3 is 2.67 bits per heavy atom. The van der Waals surface area contributed by atoms with E-state index in [1.807, 2.05) is 0 Å². The molecule has 1 aliphatic carbocycles. The molecule has 0 radical (unpaired) electrons. The first-order valence-electron chi connectivity index (χ1n) is 6.05. The number of hydrogen-bond donors (Lipinski definition) is 2. The number of hydrogen-bond acceptors (Lipinski definition) is 4. The molecule has 1 aliphatic heterocycles. The van der Waals surface area contributed by atoms with Gasteiger partial charge in [0.25, 0.3) is 0 Å². The Morgan fingerprint density at radius 2 is 2.07 bits per heavy atom. The predicted molar refractivity (Wildman–Crippen MR) is 62.4 cm³/mol. The van der Waals surface area contributed by atoms with Crippen molar-refractivity contribution in [1.29, 1.82) is 0 Å². The quantitative estimate of drug-likeness (QED) is 0.503. The molecule has 0 amide bonds. The lowest BCUT2D eigenvalue weighted by atomic mass is 9.99. The summed E-state index contributed by atoms with van der Waals surface area (Å²) >= 11 is 0. The van der Waals surface area contributed by atoms with Crippen molar-refractivity contribution in [2.75, 3.05) is 33.7 Å². The van der Waals surface area contributed by atoms with Crippen LogP contribution < -0.4 is 11.3 Å². The summed E-state index contributed by atoms with van der Waals surface area (Å²) in [7, 11) is 4.42. The second kappa shape index (κ2) is 4.78. The van der Waals surface area contributed by atoms with Crippen LogP contribution in [0, 0.1) is 5.92 Å². The van der Waals surface area contributed by atoms with Crippen LogP contribution >= 0.6 is 0 Å². The van der Waals surface area contributed by atoms with Crippen LogP contribution in [0.25, 0.3) is 0 Å². The Bertz CT molecular complexity index is 205. The van der Waals surface area contributed by atoms with Crippen molar-refractivity contribution in [2.45, 2.75) is 31.3 Å². The number of rotatable bonds is 4. The zero-order valence-corrected chi connectivity index (χ0v) is 9.95. The zero-order valence-electron chi connectivity index (χ0n) is 9.95. The van der Waals surface area contributed by atoms with Gasteiger partial charge < -0.3 is 4.90 Å². The van der Waals surface area contributed by atoms with Gasteiger partial charge in [0.15, 0.2) is 0 Å². The Hall–Kier alpha value is -0.160. The lowest BCUT2D eigenvalue weighted by Crippen LogP contribution is -2.60.